The first-order chi connectivity index (χ1) is 15.9. The molecule has 0 saturated heterocycles. The van der Waals surface area contributed by atoms with Crippen LogP contribution in [0.5, 0.6) is 5.75 Å². The number of nitrogens with one attached hydrogen (secondary N) is 2. The lowest BCUT2D eigenvalue weighted by atomic mass is 9.44. The predicted octanol–water partition coefficient (Wildman–Crippen LogP) is 3.40. The number of nitrogen functional groups attached to an aromatic ring is 1. The minimum absolute atomic E-state index is 0.117. The molecule has 8 nitrogen and oxygen atoms in total. The standard InChI is InChI=1S/C25H35N7O/c1-3-4-5-9-28-22-21-19(30-23(26)31-22)8-10-32(21)13-18-7-6-17(11-20(18)33-2)12-29-25-14-24(27,15-25)16-25/h6-8,10-11,29H,3-5,9,12-16,27H2,1-2H3,(H3,26,28,30,31). The lowest BCUT2D eigenvalue weighted by molar-refractivity contribution is -0.0797. The van der Waals surface area contributed by atoms with Gasteiger partial charge in [0, 0.05) is 35.9 Å². The summed E-state index contributed by atoms with van der Waals surface area (Å²) in [7, 11) is 1.73. The minimum Gasteiger partial charge on any atom is -0.496 e. The highest BCUT2D eigenvalue weighted by molar-refractivity contribution is 5.87. The monoisotopic (exact) mass is 449 g/mol. The zero-order valence-electron chi connectivity index (χ0n) is 19.7. The molecule has 3 saturated carbocycles. The quantitative estimate of drug-likeness (QED) is 0.332. The first-order valence-electron chi connectivity index (χ1n) is 12.0. The summed E-state index contributed by atoms with van der Waals surface area (Å²) >= 11 is 0. The van der Waals surface area contributed by atoms with Crippen LogP contribution in [-0.2, 0) is 13.1 Å². The van der Waals surface area contributed by atoms with Crippen LogP contribution in [0.3, 0.4) is 0 Å². The molecule has 1 aromatic carbocycles. The minimum atomic E-state index is 0.117. The van der Waals surface area contributed by atoms with E-state index in [1.165, 1.54) is 18.4 Å². The highest BCUT2D eigenvalue weighted by atomic mass is 16.5. The number of anilines is 2. The summed E-state index contributed by atoms with van der Waals surface area (Å²) in [6.45, 7) is 4.56. The average Bonchev–Trinajstić information content (AvgIpc) is 3.15. The molecule has 3 fully saturated rings. The molecule has 0 unspecified atom stereocenters. The van der Waals surface area contributed by atoms with Crippen LogP contribution in [0, 0.1) is 0 Å². The van der Waals surface area contributed by atoms with Crippen molar-refractivity contribution >= 4 is 22.8 Å². The number of nitrogens with two attached hydrogens (primary N) is 2. The lowest BCUT2D eigenvalue weighted by Gasteiger charge is -2.69. The van der Waals surface area contributed by atoms with Crippen molar-refractivity contribution in [3.63, 3.8) is 0 Å². The summed E-state index contributed by atoms with van der Waals surface area (Å²) in [6.07, 6.45) is 8.78. The predicted molar refractivity (Wildman–Crippen MR) is 132 cm³/mol. The average molecular weight is 450 g/mol. The molecule has 176 valence electrons. The van der Waals surface area contributed by atoms with Crippen LogP contribution in [0.1, 0.15) is 56.6 Å². The molecule has 3 aliphatic rings. The van der Waals surface area contributed by atoms with Gasteiger partial charge in [0.15, 0.2) is 5.82 Å². The van der Waals surface area contributed by atoms with E-state index in [4.69, 9.17) is 16.2 Å². The first-order valence-corrected chi connectivity index (χ1v) is 12.0. The van der Waals surface area contributed by atoms with Crippen LogP contribution < -0.4 is 26.8 Å². The third kappa shape index (κ3) is 4.25. The van der Waals surface area contributed by atoms with Crippen molar-refractivity contribution in [1.82, 2.24) is 19.9 Å². The van der Waals surface area contributed by atoms with E-state index in [1.807, 2.05) is 12.3 Å². The summed E-state index contributed by atoms with van der Waals surface area (Å²) < 4.78 is 7.92. The molecular weight excluding hydrogens is 414 g/mol. The van der Waals surface area contributed by atoms with Crippen LogP contribution in [0.25, 0.3) is 11.0 Å². The topological polar surface area (TPSA) is 116 Å². The Balaban J connectivity index is 1.33. The van der Waals surface area contributed by atoms with Crippen molar-refractivity contribution in [3.8, 4) is 5.75 Å². The van der Waals surface area contributed by atoms with E-state index in [2.05, 4.69) is 50.3 Å². The van der Waals surface area contributed by atoms with Gasteiger partial charge in [0.2, 0.25) is 5.95 Å². The Kier molecular flexibility index (Phi) is 5.66. The molecule has 0 spiro atoms. The zero-order valence-corrected chi connectivity index (χ0v) is 19.7. The fourth-order valence-corrected chi connectivity index (χ4v) is 5.52. The third-order valence-corrected chi connectivity index (χ3v) is 7.13. The highest BCUT2D eigenvalue weighted by Gasteiger charge is 2.65. The smallest absolute Gasteiger partial charge is 0.222 e. The Hall–Kier alpha value is -2.84. The van der Waals surface area contributed by atoms with Gasteiger partial charge in [-0.25, -0.2) is 4.98 Å². The maximum absolute atomic E-state index is 6.19. The molecule has 2 heterocycles. The SMILES string of the molecule is CCCCCNc1nc(N)nc2ccn(Cc3ccc(CNC45CC(N)(C4)C5)cc3OC)c12. The van der Waals surface area contributed by atoms with Crippen LogP contribution in [-0.4, -0.2) is 39.3 Å². The van der Waals surface area contributed by atoms with Gasteiger partial charge in [-0.2, -0.15) is 4.98 Å². The molecule has 0 amide bonds. The molecule has 33 heavy (non-hydrogen) atoms. The maximum atomic E-state index is 6.19. The van der Waals surface area contributed by atoms with E-state index in [1.54, 1.807) is 7.11 Å². The molecule has 3 aromatic rings. The first kappa shape index (κ1) is 22.0. The number of methoxy groups -OCH3 is 1. The van der Waals surface area contributed by atoms with Gasteiger partial charge in [-0.15, -0.1) is 0 Å². The Labute approximate surface area is 195 Å². The van der Waals surface area contributed by atoms with E-state index in [9.17, 15) is 0 Å². The number of fused-ring (bicyclic) bond motifs is 1. The third-order valence-electron chi connectivity index (χ3n) is 7.13. The summed E-state index contributed by atoms with van der Waals surface area (Å²) in [5.41, 5.74) is 16.7. The molecule has 0 radical (unpaired) electrons. The van der Waals surface area contributed by atoms with Gasteiger partial charge in [-0.05, 0) is 43.4 Å². The van der Waals surface area contributed by atoms with Crippen molar-refractivity contribution in [2.24, 2.45) is 5.73 Å². The number of hydrogen-bond acceptors (Lipinski definition) is 7. The normalized spacial score (nSPS) is 23.2. The number of ether oxygens (including phenoxy) is 1. The van der Waals surface area contributed by atoms with Crippen LogP contribution in [0.4, 0.5) is 11.8 Å². The van der Waals surface area contributed by atoms with Gasteiger partial charge in [0.25, 0.3) is 0 Å². The number of aromatic nitrogens is 3. The Morgan fingerprint density at radius 3 is 2.70 bits per heavy atom. The summed E-state index contributed by atoms with van der Waals surface area (Å²) in [4.78, 5) is 8.91. The van der Waals surface area contributed by atoms with Gasteiger partial charge in [0.05, 0.1) is 19.2 Å². The maximum Gasteiger partial charge on any atom is 0.222 e. The van der Waals surface area contributed by atoms with E-state index < -0.39 is 0 Å². The second-order valence-corrected chi connectivity index (χ2v) is 9.91. The van der Waals surface area contributed by atoms with Crippen molar-refractivity contribution in [2.75, 3.05) is 24.7 Å². The Morgan fingerprint density at radius 2 is 1.97 bits per heavy atom. The lowest BCUT2D eigenvalue weighted by Crippen LogP contribution is -2.81. The Morgan fingerprint density at radius 1 is 1.15 bits per heavy atom. The van der Waals surface area contributed by atoms with E-state index in [0.717, 1.165) is 66.9 Å². The second kappa shape index (κ2) is 8.50. The summed E-state index contributed by atoms with van der Waals surface area (Å²) in [5.74, 6) is 1.96. The van der Waals surface area contributed by atoms with Crippen molar-refractivity contribution in [3.05, 3.63) is 41.6 Å². The number of unbranched alkanes of at least 4 members (excludes halogenated alkanes) is 2. The number of nitrogens with zero attached hydrogens (tertiary/aromatic N) is 3. The number of rotatable bonds is 11. The summed E-state index contributed by atoms with van der Waals surface area (Å²) in [5, 5.41) is 7.17. The largest absolute Gasteiger partial charge is 0.496 e. The molecule has 6 rings (SSSR count). The van der Waals surface area contributed by atoms with Crippen molar-refractivity contribution < 1.29 is 4.74 Å². The Bertz CT molecular complexity index is 1140. The van der Waals surface area contributed by atoms with Gasteiger partial charge >= 0.3 is 0 Å². The second-order valence-electron chi connectivity index (χ2n) is 9.91. The van der Waals surface area contributed by atoms with Crippen LogP contribution >= 0.6 is 0 Å². The van der Waals surface area contributed by atoms with Crippen LogP contribution in [0.15, 0.2) is 30.5 Å². The molecule has 0 atom stereocenters. The summed E-state index contributed by atoms with van der Waals surface area (Å²) in [6, 6.07) is 8.46. The molecule has 8 heteroatoms. The molecule has 0 aliphatic heterocycles. The molecule has 2 bridgehead atoms. The number of benzene rings is 1. The fourth-order valence-electron chi connectivity index (χ4n) is 5.52. The van der Waals surface area contributed by atoms with Gasteiger partial charge in [0.1, 0.15) is 11.3 Å². The van der Waals surface area contributed by atoms with Crippen LogP contribution in [0.2, 0.25) is 0 Å². The highest BCUT2D eigenvalue weighted by Crippen LogP contribution is 2.58. The van der Waals surface area contributed by atoms with E-state index in [-0.39, 0.29) is 17.0 Å². The van der Waals surface area contributed by atoms with Gasteiger partial charge in [-0.1, -0.05) is 31.9 Å². The fraction of sp³-hybridized carbons (Fsp3) is 0.520. The van der Waals surface area contributed by atoms with Crippen molar-refractivity contribution in [1.29, 1.82) is 0 Å². The molecule has 6 N–H and O–H groups in total. The zero-order chi connectivity index (χ0) is 23.1. The van der Waals surface area contributed by atoms with Gasteiger partial charge < -0.3 is 31.4 Å². The van der Waals surface area contributed by atoms with Crippen molar-refractivity contribution in [2.45, 2.75) is 69.6 Å². The van der Waals surface area contributed by atoms with Gasteiger partial charge in [-0.3, -0.25) is 0 Å². The molecular formula is C25H35N7O. The van der Waals surface area contributed by atoms with E-state index >= 15 is 0 Å². The molecule has 3 aliphatic carbocycles. The molecule has 2 aromatic heterocycles. The number of hydrogen-bond donors (Lipinski definition) is 4. The van der Waals surface area contributed by atoms with E-state index in [0.29, 0.717) is 6.54 Å².